The maximum Gasteiger partial charge on any atom is 0.109 e. The molecule has 0 saturated heterocycles. The van der Waals surface area contributed by atoms with Gasteiger partial charge >= 0.3 is 0 Å². The second-order valence-electron chi connectivity index (χ2n) is 0.763. The van der Waals surface area contributed by atoms with E-state index in [0.717, 1.165) is 0 Å². The van der Waals surface area contributed by atoms with Crippen LogP contribution in [0.3, 0.4) is 0 Å². The SMILES string of the molecule is [CH2]S/C(C)=N/O. The van der Waals surface area contributed by atoms with Gasteiger partial charge in [0.1, 0.15) is 5.04 Å². The van der Waals surface area contributed by atoms with Crippen LogP contribution in [0.15, 0.2) is 5.16 Å². The average Bonchev–Trinajstić information content (AvgIpc) is 1.65. The van der Waals surface area contributed by atoms with Crippen molar-refractivity contribution in [3.63, 3.8) is 0 Å². The van der Waals surface area contributed by atoms with Gasteiger partial charge in [0.25, 0.3) is 0 Å². The monoisotopic (exact) mass is 104 g/mol. The molecule has 0 aliphatic heterocycles. The molecule has 0 spiro atoms. The van der Waals surface area contributed by atoms with E-state index in [0.29, 0.717) is 5.04 Å². The van der Waals surface area contributed by atoms with Crippen molar-refractivity contribution in [2.45, 2.75) is 6.92 Å². The summed E-state index contributed by atoms with van der Waals surface area (Å²) in [6, 6.07) is 0. The Bertz CT molecular complexity index is 61.8. The van der Waals surface area contributed by atoms with E-state index in [1.165, 1.54) is 11.8 Å². The number of hydrogen-bond acceptors (Lipinski definition) is 3. The van der Waals surface area contributed by atoms with Crippen LogP contribution in [-0.4, -0.2) is 10.3 Å². The normalized spacial score (nSPS) is 12.0. The Kier molecular flexibility index (Phi) is 2.94. The van der Waals surface area contributed by atoms with Crippen LogP contribution in [0, 0.1) is 6.26 Å². The molecule has 0 atom stereocenters. The first kappa shape index (κ1) is 5.82. The van der Waals surface area contributed by atoms with Gasteiger partial charge < -0.3 is 5.21 Å². The number of oxime groups is 1. The van der Waals surface area contributed by atoms with Crippen LogP contribution in [0.25, 0.3) is 0 Å². The Labute approximate surface area is 41.2 Å². The van der Waals surface area contributed by atoms with E-state index < -0.39 is 0 Å². The highest BCUT2D eigenvalue weighted by atomic mass is 32.2. The number of hydrogen-bond donors (Lipinski definition) is 1. The highest BCUT2D eigenvalue weighted by molar-refractivity contribution is 8.14. The fourth-order valence-corrected chi connectivity index (χ4v) is 0.0866. The molecular weight excluding hydrogens is 98.1 g/mol. The van der Waals surface area contributed by atoms with Crippen molar-refractivity contribution in [3.05, 3.63) is 6.26 Å². The fraction of sp³-hybridized carbons (Fsp3) is 0.333. The molecular formula is C3H6NOS. The van der Waals surface area contributed by atoms with Gasteiger partial charge in [-0.15, -0.1) is 11.8 Å². The molecule has 1 radical (unpaired) electrons. The largest absolute Gasteiger partial charge is 0.410 e. The van der Waals surface area contributed by atoms with E-state index in [2.05, 4.69) is 11.4 Å². The Morgan fingerprint density at radius 1 is 2.00 bits per heavy atom. The lowest BCUT2D eigenvalue weighted by atomic mass is 10.9. The summed E-state index contributed by atoms with van der Waals surface area (Å²) in [5, 5.41) is 11.3. The standard InChI is InChI=1S/C3H6NOS/c1-3(4-5)6-2/h5H,2H2,1H3/b4-3+. The van der Waals surface area contributed by atoms with Crippen LogP contribution < -0.4 is 0 Å². The highest BCUT2D eigenvalue weighted by Crippen LogP contribution is 1.95. The lowest BCUT2D eigenvalue weighted by Gasteiger charge is -1.81. The molecule has 0 unspecified atom stereocenters. The maximum absolute atomic E-state index is 7.86. The zero-order valence-electron chi connectivity index (χ0n) is 3.51. The fourth-order valence-electron chi connectivity index (χ4n) is 0.0289. The van der Waals surface area contributed by atoms with Gasteiger partial charge in [0.05, 0.1) is 0 Å². The number of rotatable bonds is 0. The molecule has 0 fully saturated rings. The molecule has 0 aliphatic rings. The first-order valence-corrected chi connectivity index (χ1v) is 2.40. The molecule has 3 heteroatoms. The summed E-state index contributed by atoms with van der Waals surface area (Å²) in [6.45, 7) is 1.68. The van der Waals surface area contributed by atoms with Crippen LogP contribution in [0.2, 0.25) is 0 Å². The molecule has 6 heavy (non-hydrogen) atoms. The second-order valence-corrected chi connectivity index (χ2v) is 1.64. The van der Waals surface area contributed by atoms with Gasteiger partial charge in [-0.2, -0.15) is 0 Å². The van der Waals surface area contributed by atoms with E-state index in [9.17, 15) is 0 Å². The topological polar surface area (TPSA) is 32.6 Å². The van der Waals surface area contributed by atoms with Gasteiger partial charge in [0, 0.05) is 6.26 Å². The Balaban J connectivity index is 3.22. The molecule has 1 N–H and O–H groups in total. The Hall–Kier alpha value is -0.180. The van der Waals surface area contributed by atoms with Crippen molar-refractivity contribution in [2.75, 3.05) is 0 Å². The van der Waals surface area contributed by atoms with Crippen LogP contribution in [0.4, 0.5) is 0 Å². The van der Waals surface area contributed by atoms with E-state index in [1.807, 2.05) is 0 Å². The minimum absolute atomic E-state index is 0.579. The molecule has 0 aromatic heterocycles. The third-order valence-electron chi connectivity index (χ3n) is 0.350. The highest BCUT2D eigenvalue weighted by Gasteiger charge is 1.78. The first-order valence-electron chi connectivity index (χ1n) is 1.42. The van der Waals surface area contributed by atoms with E-state index in [1.54, 1.807) is 6.92 Å². The summed E-state index contributed by atoms with van der Waals surface area (Å²) < 4.78 is 0. The minimum atomic E-state index is 0.579. The minimum Gasteiger partial charge on any atom is -0.410 e. The van der Waals surface area contributed by atoms with Crippen LogP contribution in [0.1, 0.15) is 6.92 Å². The third kappa shape index (κ3) is 2.08. The quantitative estimate of drug-likeness (QED) is 0.217. The van der Waals surface area contributed by atoms with Gasteiger partial charge in [0.2, 0.25) is 0 Å². The summed E-state index contributed by atoms with van der Waals surface area (Å²) >= 11 is 1.17. The average molecular weight is 104 g/mol. The van der Waals surface area contributed by atoms with Crippen molar-refractivity contribution in [3.8, 4) is 0 Å². The summed E-state index contributed by atoms with van der Waals surface area (Å²) in [5.41, 5.74) is 0. The van der Waals surface area contributed by atoms with Crippen molar-refractivity contribution in [1.82, 2.24) is 0 Å². The predicted molar refractivity (Wildman–Crippen MR) is 27.8 cm³/mol. The zero-order chi connectivity index (χ0) is 4.99. The molecule has 0 amide bonds. The van der Waals surface area contributed by atoms with Crippen molar-refractivity contribution < 1.29 is 5.21 Å². The van der Waals surface area contributed by atoms with Crippen molar-refractivity contribution in [2.24, 2.45) is 5.16 Å². The summed E-state index contributed by atoms with van der Waals surface area (Å²) in [7, 11) is 0. The van der Waals surface area contributed by atoms with Crippen molar-refractivity contribution in [1.29, 1.82) is 0 Å². The molecule has 0 rings (SSSR count). The van der Waals surface area contributed by atoms with Crippen LogP contribution in [-0.2, 0) is 0 Å². The Morgan fingerprint density at radius 2 is 2.50 bits per heavy atom. The zero-order valence-corrected chi connectivity index (χ0v) is 4.33. The molecule has 2 nitrogen and oxygen atoms in total. The smallest absolute Gasteiger partial charge is 0.109 e. The van der Waals surface area contributed by atoms with Gasteiger partial charge in [-0.3, -0.25) is 0 Å². The van der Waals surface area contributed by atoms with E-state index in [4.69, 9.17) is 5.21 Å². The lowest BCUT2D eigenvalue weighted by Crippen LogP contribution is -1.75. The molecule has 0 saturated carbocycles. The molecule has 35 valence electrons. The lowest BCUT2D eigenvalue weighted by molar-refractivity contribution is 0.320. The van der Waals surface area contributed by atoms with Crippen LogP contribution in [0.5, 0.6) is 0 Å². The molecule has 0 aliphatic carbocycles. The molecule has 0 aromatic rings. The number of nitrogens with zero attached hydrogens (tertiary/aromatic N) is 1. The van der Waals surface area contributed by atoms with Gasteiger partial charge in [0.15, 0.2) is 0 Å². The van der Waals surface area contributed by atoms with Crippen LogP contribution >= 0.6 is 11.8 Å². The molecule has 0 heterocycles. The van der Waals surface area contributed by atoms with E-state index >= 15 is 0 Å². The van der Waals surface area contributed by atoms with Gasteiger partial charge in [-0.25, -0.2) is 0 Å². The van der Waals surface area contributed by atoms with Crippen molar-refractivity contribution >= 4 is 16.8 Å². The van der Waals surface area contributed by atoms with Gasteiger partial charge in [-0.1, -0.05) is 5.16 Å². The second kappa shape index (κ2) is 3.03. The molecule has 0 bridgehead atoms. The van der Waals surface area contributed by atoms with E-state index in [-0.39, 0.29) is 0 Å². The maximum atomic E-state index is 7.86. The number of thioether (sulfide) groups is 1. The summed E-state index contributed by atoms with van der Waals surface area (Å²) in [5.74, 6) is 0. The third-order valence-corrected chi connectivity index (χ3v) is 0.849. The summed E-state index contributed by atoms with van der Waals surface area (Å²) in [4.78, 5) is 0. The first-order chi connectivity index (χ1) is 2.81. The predicted octanol–water partition coefficient (Wildman–Crippen LogP) is 1.32. The molecule has 0 aromatic carbocycles. The Morgan fingerprint density at radius 3 is 2.50 bits per heavy atom. The summed E-state index contributed by atoms with van der Waals surface area (Å²) in [6.07, 6.45) is 3.38. The van der Waals surface area contributed by atoms with Gasteiger partial charge in [-0.05, 0) is 6.92 Å².